The van der Waals surface area contributed by atoms with Gasteiger partial charge in [0.15, 0.2) is 0 Å². The number of nitrogens with zero attached hydrogens (tertiary/aromatic N) is 1. The van der Waals surface area contributed by atoms with Crippen LogP contribution in [0.25, 0.3) is 22.0 Å². The largest absolute Gasteiger partial charge is 0.481 e. The van der Waals surface area contributed by atoms with Gasteiger partial charge in [-0.25, -0.2) is 4.98 Å². The van der Waals surface area contributed by atoms with E-state index < -0.39 is 5.97 Å². The molecule has 0 fully saturated rings. The Balaban J connectivity index is 2.01. The number of benzene rings is 1. The van der Waals surface area contributed by atoms with Crippen molar-refractivity contribution in [2.24, 2.45) is 0 Å². The predicted molar refractivity (Wildman–Crippen MR) is 86.2 cm³/mol. The van der Waals surface area contributed by atoms with E-state index in [4.69, 9.17) is 21.1 Å². The normalized spacial score (nSPS) is 10.8. The summed E-state index contributed by atoms with van der Waals surface area (Å²) in [6.07, 6.45) is 0.297. The minimum absolute atomic E-state index is 0.000334. The number of halogens is 1. The standard InChI is InChI=1S/C16H12ClNO3S/c17-11-5-3-10(4-6-11)15-12(7-8-14(19)20)21-16(18-15)13-2-1-9-22-13/h1-6,9H,7-8H2,(H,19,20). The molecular formula is C16H12ClNO3S. The van der Waals surface area contributed by atoms with Crippen molar-refractivity contribution in [3.05, 3.63) is 52.6 Å². The molecule has 22 heavy (non-hydrogen) atoms. The van der Waals surface area contributed by atoms with Gasteiger partial charge in [-0.2, -0.15) is 0 Å². The Morgan fingerprint density at radius 2 is 2.05 bits per heavy atom. The number of hydrogen-bond acceptors (Lipinski definition) is 4. The minimum atomic E-state index is -0.865. The second-order valence-electron chi connectivity index (χ2n) is 4.67. The van der Waals surface area contributed by atoms with Crippen LogP contribution >= 0.6 is 22.9 Å². The van der Waals surface area contributed by atoms with Crippen LogP contribution in [-0.4, -0.2) is 16.1 Å². The van der Waals surface area contributed by atoms with E-state index in [1.165, 1.54) is 11.3 Å². The van der Waals surface area contributed by atoms with Crippen molar-refractivity contribution in [2.45, 2.75) is 12.8 Å². The second kappa shape index (κ2) is 6.34. The van der Waals surface area contributed by atoms with Crippen molar-refractivity contribution < 1.29 is 14.3 Å². The highest BCUT2D eigenvalue weighted by atomic mass is 35.5. The van der Waals surface area contributed by atoms with E-state index in [0.29, 0.717) is 28.8 Å². The molecule has 0 amide bonds. The van der Waals surface area contributed by atoms with Gasteiger partial charge in [-0.3, -0.25) is 4.79 Å². The summed E-state index contributed by atoms with van der Waals surface area (Å²) in [5.41, 5.74) is 1.53. The first kappa shape index (κ1) is 14.8. The molecule has 0 radical (unpaired) electrons. The first-order chi connectivity index (χ1) is 10.6. The van der Waals surface area contributed by atoms with Gasteiger partial charge in [0.1, 0.15) is 11.5 Å². The number of aromatic nitrogens is 1. The van der Waals surface area contributed by atoms with E-state index in [1.54, 1.807) is 12.1 Å². The second-order valence-corrected chi connectivity index (χ2v) is 6.05. The minimum Gasteiger partial charge on any atom is -0.481 e. The van der Waals surface area contributed by atoms with Gasteiger partial charge in [-0.05, 0) is 23.6 Å². The van der Waals surface area contributed by atoms with Crippen molar-refractivity contribution in [1.29, 1.82) is 0 Å². The number of aliphatic carboxylic acids is 1. The zero-order chi connectivity index (χ0) is 15.5. The van der Waals surface area contributed by atoms with Crippen LogP contribution in [0.15, 0.2) is 46.2 Å². The monoisotopic (exact) mass is 333 g/mol. The van der Waals surface area contributed by atoms with Crippen LogP contribution in [0.3, 0.4) is 0 Å². The molecule has 0 saturated heterocycles. The topological polar surface area (TPSA) is 63.3 Å². The number of carbonyl (C=O) groups is 1. The Hall–Kier alpha value is -2.11. The summed E-state index contributed by atoms with van der Waals surface area (Å²) >= 11 is 7.43. The molecule has 0 atom stereocenters. The van der Waals surface area contributed by atoms with Gasteiger partial charge in [0.2, 0.25) is 5.89 Å². The summed E-state index contributed by atoms with van der Waals surface area (Å²) in [6.45, 7) is 0. The molecule has 1 N–H and O–H groups in total. The van der Waals surface area contributed by atoms with Crippen LogP contribution in [0.2, 0.25) is 5.02 Å². The van der Waals surface area contributed by atoms with E-state index >= 15 is 0 Å². The summed E-state index contributed by atoms with van der Waals surface area (Å²) in [5.74, 6) is 0.226. The smallest absolute Gasteiger partial charge is 0.303 e. The highest BCUT2D eigenvalue weighted by Crippen LogP contribution is 2.32. The molecule has 112 valence electrons. The molecule has 0 saturated carbocycles. The Labute approximate surface area is 136 Å². The molecule has 0 aliphatic carbocycles. The van der Waals surface area contributed by atoms with Gasteiger partial charge in [-0.15, -0.1) is 11.3 Å². The number of carboxylic acid groups (broad SMARTS) is 1. The van der Waals surface area contributed by atoms with Gasteiger partial charge >= 0.3 is 5.97 Å². The van der Waals surface area contributed by atoms with E-state index in [1.807, 2.05) is 29.6 Å². The summed E-state index contributed by atoms with van der Waals surface area (Å²) in [5, 5.41) is 11.5. The number of thiophene rings is 1. The summed E-state index contributed by atoms with van der Waals surface area (Å²) in [6, 6.07) is 11.1. The number of oxazole rings is 1. The Bertz CT molecular complexity index is 778. The number of rotatable bonds is 5. The Kier molecular flexibility index (Phi) is 4.27. The lowest BCUT2D eigenvalue weighted by atomic mass is 10.1. The van der Waals surface area contributed by atoms with Crippen LogP contribution in [0.5, 0.6) is 0 Å². The fourth-order valence-corrected chi connectivity index (χ4v) is 2.86. The summed E-state index contributed by atoms with van der Waals surface area (Å²) in [7, 11) is 0. The lowest BCUT2D eigenvalue weighted by Crippen LogP contribution is -1.97. The zero-order valence-corrected chi connectivity index (χ0v) is 13.0. The molecule has 2 heterocycles. The van der Waals surface area contributed by atoms with E-state index in [0.717, 1.165) is 10.4 Å². The molecule has 3 aromatic rings. The average Bonchev–Trinajstić information content (AvgIpc) is 3.15. The third-order valence-electron chi connectivity index (χ3n) is 3.11. The Morgan fingerprint density at radius 3 is 2.68 bits per heavy atom. The SMILES string of the molecule is O=C(O)CCc1oc(-c2cccs2)nc1-c1ccc(Cl)cc1. The van der Waals surface area contributed by atoms with Crippen LogP contribution in [-0.2, 0) is 11.2 Å². The lowest BCUT2D eigenvalue weighted by Gasteiger charge is -2.00. The van der Waals surface area contributed by atoms with Crippen LogP contribution in [0.4, 0.5) is 0 Å². The van der Waals surface area contributed by atoms with Gasteiger partial charge in [-0.1, -0.05) is 29.8 Å². The highest BCUT2D eigenvalue weighted by molar-refractivity contribution is 7.13. The molecule has 6 heteroatoms. The van der Waals surface area contributed by atoms with Crippen LogP contribution < -0.4 is 0 Å². The van der Waals surface area contributed by atoms with Crippen LogP contribution in [0.1, 0.15) is 12.2 Å². The molecule has 3 rings (SSSR count). The fourth-order valence-electron chi connectivity index (χ4n) is 2.08. The summed E-state index contributed by atoms with van der Waals surface area (Å²) in [4.78, 5) is 16.3. The lowest BCUT2D eigenvalue weighted by molar-refractivity contribution is -0.137. The maximum atomic E-state index is 10.8. The van der Waals surface area contributed by atoms with E-state index in [-0.39, 0.29) is 6.42 Å². The molecule has 0 unspecified atom stereocenters. The molecule has 0 bridgehead atoms. The predicted octanol–water partition coefficient (Wildman–Crippen LogP) is 4.74. The molecule has 4 nitrogen and oxygen atoms in total. The zero-order valence-electron chi connectivity index (χ0n) is 11.5. The van der Waals surface area contributed by atoms with Crippen molar-refractivity contribution in [3.63, 3.8) is 0 Å². The molecule has 0 aliphatic heterocycles. The third-order valence-corrected chi connectivity index (χ3v) is 4.22. The van der Waals surface area contributed by atoms with Crippen molar-refractivity contribution in [2.75, 3.05) is 0 Å². The first-order valence-corrected chi connectivity index (χ1v) is 7.90. The van der Waals surface area contributed by atoms with Crippen molar-refractivity contribution in [3.8, 4) is 22.0 Å². The van der Waals surface area contributed by atoms with Crippen LogP contribution in [0, 0.1) is 0 Å². The van der Waals surface area contributed by atoms with Crippen molar-refractivity contribution >= 4 is 28.9 Å². The fraction of sp³-hybridized carbons (Fsp3) is 0.125. The number of carboxylic acids is 1. The van der Waals surface area contributed by atoms with Crippen molar-refractivity contribution in [1.82, 2.24) is 4.98 Å². The molecule has 1 aromatic carbocycles. The summed E-state index contributed by atoms with van der Waals surface area (Å²) < 4.78 is 5.80. The molecular weight excluding hydrogens is 322 g/mol. The Morgan fingerprint density at radius 1 is 1.27 bits per heavy atom. The molecule has 0 aliphatic rings. The van der Waals surface area contributed by atoms with E-state index in [9.17, 15) is 4.79 Å². The maximum Gasteiger partial charge on any atom is 0.303 e. The van der Waals surface area contributed by atoms with Gasteiger partial charge in [0.05, 0.1) is 11.3 Å². The van der Waals surface area contributed by atoms with Gasteiger partial charge < -0.3 is 9.52 Å². The number of aryl methyl sites for hydroxylation is 1. The van der Waals surface area contributed by atoms with Gasteiger partial charge in [0, 0.05) is 17.0 Å². The van der Waals surface area contributed by atoms with Gasteiger partial charge in [0.25, 0.3) is 0 Å². The average molecular weight is 334 g/mol. The highest BCUT2D eigenvalue weighted by Gasteiger charge is 2.17. The quantitative estimate of drug-likeness (QED) is 0.732. The number of hydrogen-bond donors (Lipinski definition) is 1. The maximum absolute atomic E-state index is 10.8. The molecule has 0 spiro atoms. The third kappa shape index (κ3) is 3.21. The van der Waals surface area contributed by atoms with E-state index in [2.05, 4.69) is 4.98 Å². The molecule has 2 aromatic heterocycles. The first-order valence-electron chi connectivity index (χ1n) is 6.65.